The zero-order valence-corrected chi connectivity index (χ0v) is 14.9. The Labute approximate surface area is 153 Å². The third kappa shape index (κ3) is 4.62. The summed E-state index contributed by atoms with van der Waals surface area (Å²) in [4.78, 5) is 35.6. The smallest absolute Gasteiger partial charge is 0.306 e. The molecule has 0 bridgehead atoms. The van der Waals surface area contributed by atoms with Gasteiger partial charge >= 0.3 is 5.97 Å². The van der Waals surface area contributed by atoms with Gasteiger partial charge in [0.05, 0.1) is 5.92 Å². The third-order valence-electron chi connectivity index (χ3n) is 5.55. The van der Waals surface area contributed by atoms with Gasteiger partial charge in [-0.1, -0.05) is 12.8 Å². The number of anilines is 1. The molecule has 0 saturated heterocycles. The second kappa shape index (κ2) is 8.34. The van der Waals surface area contributed by atoms with Gasteiger partial charge in [0.1, 0.15) is 0 Å². The third-order valence-corrected chi connectivity index (χ3v) is 5.55. The van der Waals surface area contributed by atoms with Gasteiger partial charge in [-0.05, 0) is 62.8 Å². The molecule has 0 spiro atoms. The summed E-state index contributed by atoms with van der Waals surface area (Å²) in [7, 11) is 0. The van der Waals surface area contributed by atoms with Gasteiger partial charge < -0.3 is 15.7 Å². The lowest BCUT2D eigenvalue weighted by Gasteiger charge is -2.25. The first kappa shape index (κ1) is 18.4. The van der Waals surface area contributed by atoms with Crippen molar-refractivity contribution >= 4 is 23.5 Å². The highest BCUT2D eigenvalue weighted by atomic mass is 16.4. The van der Waals surface area contributed by atoms with Crippen molar-refractivity contribution in [2.75, 3.05) is 5.32 Å². The van der Waals surface area contributed by atoms with Crippen LogP contribution < -0.4 is 10.6 Å². The van der Waals surface area contributed by atoms with Gasteiger partial charge in [-0.2, -0.15) is 0 Å². The van der Waals surface area contributed by atoms with Crippen molar-refractivity contribution in [3.8, 4) is 0 Å². The minimum atomic E-state index is -0.768. The van der Waals surface area contributed by atoms with Crippen LogP contribution in [0.5, 0.6) is 0 Å². The van der Waals surface area contributed by atoms with E-state index in [-0.39, 0.29) is 29.7 Å². The number of aliphatic carboxylic acids is 1. The normalized spacial score (nSPS) is 23.4. The molecule has 0 atom stereocenters. The first-order chi connectivity index (χ1) is 12.5. The molecule has 1 aromatic rings. The molecule has 3 N–H and O–H groups in total. The van der Waals surface area contributed by atoms with Gasteiger partial charge in [0.15, 0.2) is 0 Å². The second-order valence-corrected chi connectivity index (χ2v) is 7.41. The van der Waals surface area contributed by atoms with Crippen LogP contribution in [-0.4, -0.2) is 28.9 Å². The molecule has 3 rings (SSSR count). The van der Waals surface area contributed by atoms with E-state index in [0.29, 0.717) is 36.9 Å². The van der Waals surface area contributed by atoms with Gasteiger partial charge in [0.2, 0.25) is 5.91 Å². The molecule has 2 aliphatic rings. The number of nitrogens with one attached hydrogen (secondary N) is 2. The topological polar surface area (TPSA) is 95.5 Å². The van der Waals surface area contributed by atoms with Gasteiger partial charge in [0, 0.05) is 23.2 Å². The Morgan fingerprint density at radius 1 is 0.846 bits per heavy atom. The van der Waals surface area contributed by atoms with Crippen LogP contribution in [0.2, 0.25) is 0 Å². The molecule has 2 saturated carbocycles. The van der Waals surface area contributed by atoms with Crippen LogP contribution in [0.3, 0.4) is 0 Å². The maximum Gasteiger partial charge on any atom is 0.306 e. The molecule has 2 amide bonds. The molecule has 26 heavy (non-hydrogen) atoms. The number of carbonyl (C=O) groups excluding carboxylic acids is 2. The SMILES string of the molecule is O=C(NC1CCCC1)c1ccc(NC(=O)C2CCC(C(=O)O)CC2)cc1. The molecular weight excluding hydrogens is 332 g/mol. The Balaban J connectivity index is 1.50. The van der Waals surface area contributed by atoms with Crippen molar-refractivity contribution < 1.29 is 19.5 Å². The summed E-state index contributed by atoms with van der Waals surface area (Å²) in [5.41, 5.74) is 1.25. The lowest BCUT2D eigenvalue weighted by atomic mass is 9.81. The van der Waals surface area contributed by atoms with E-state index in [1.807, 2.05) is 0 Å². The molecule has 1 aromatic carbocycles. The summed E-state index contributed by atoms with van der Waals surface area (Å²) in [6, 6.07) is 7.21. The Morgan fingerprint density at radius 2 is 1.42 bits per heavy atom. The van der Waals surface area contributed by atoms with Crippen molar-refractivity contribution in [1.29, 1.82) is 0 Å². The Bertz CT molecular complexity index is 657. The van der Waals surface area contributed by atoms with Crippen LogP contribution in [0.4, 0.5) is 5.69 Å². The molecule has 0 aromatic heterocycles. The monoisotopic (exact) mass is 358 g/mol. The summed E-state index contributed by atoms with van der Waals surface area (Å²) in [5, 5.41) is 14.9. The lowest BCUT2D eigenvalue weighted by molar-refractivity contribution is -0.143. The maximum atomic E-state index is 12.4. The Hall–Kier alpha value is -2.37. The molecule has 0 unspecified atom stereocenters. The van der Waals surface area contributed by atoms with E-state index >= 15 is 0 Å². The van der Waals surface area contributed by atoms with Crippen molar-refractivity contribution in [2.24, 2.45) is 11.8 Å². The van der Waals surface area contributed by atoms with E-state index in [2.05, 4.69) is 10.6 Å². The Kier molecular flexibility index (Phi) is 5.91. The zero-order valence-electron chi connectivity index (χ0n) is 14.9. The quantitative estimate of drug-likeness (QED) is 0.753. The number of amides is 2. The van der Waals surface area contributed by atoms with Crippen molar-refractivity contribution in [2.45, 2.75) is 57.4 Å². The molecule has 2 fully saturated rings. The number of hydrogen-bond acceptors (Lipinski definition) is 3. The zero-order chi connectivity index (χ0) is 18.5. The van der Waals surface area contributed by atoms with E-state index in [0.717, 1.165) is 12.8 Å². The fourth-order valence-corrected chi connectivity index (χ4v) is 3.89. The molecule has 2 aliphatic carbocycles. The number of rotatable bonds is 5. The highest BCUT2D eigenvalue weighted by Crippen LogP contribution is 2.29. The molecule has 140 valence electrons. The number of carboxylic acid groups (broad SMARTS) is 1. The summed E-state index contributed by atoms with van der Waals surface area (Å²) in [6.07, 6.45) is 6.74. The van der Waals surface area contributed by atoms with E-state index in [1.165, 1.54) is 12.8 Å². The predicted molar refractivity (Wildman–Crippen MR) is 97.9 cm³/mol. The fraction of sp³-hybridized carbons (Fsp3) is 0.550. The number of hydrogen-bond donors (Lipinski definition) is 3. The minimum absolute atomic E-state index is 0.0678. The predicted octanol–water partition coefficient (Wildman–Crippen LogP) is 3.19. The number of carbonyl (C=O) groups is 3. The summed E-state index contributed by atoms with van der Waals surface area (Å²) < 4.78 is 0. The fourth-order valence-electron chi connectivity index (χ4n) is 3.89. The lowest BCUT2D eigenvalue weighted by Crippen LogP contribution is -2.32. The van der Waals surface area contributed by atoms with Crippen LogP contribution in [0.15, 0.2) is 24.3 Å². The largest absolute Gasteiger partial charge is 0.481 e. The standard InChI is InChI=1S/C20H26N2O4/c23-18(13-5-7-15(8-6-13)20(25)26)22-17-11-9-14(10-12-17)19(24)21-16-3-1-2-4-16/h9-13,15-16H,1-8H2,(H,21,24)(H,22,23)(H,25,26). The van der Waals surface area contributed by atoms with Crippen molar-refractivity contribution in [3.05, 3.63) is 29.8 Å². The average Bonchev–Trinajstić information content (AvgIpc) is 3.15. The molecule has 0 aliphatic heterocycles. The molecule has 0 heterocycles. The van der Waals surface area contributed by atoms with Gasteiger partial charge in [0.25, 0.3) is 5.91 Å². The highest BCUT2D eigenvalue weighted by molar-refractivity contribution is 5.96. The second-order valence-electron chi connectivity index (χ2n) is 7.41. The van der Waals surface area contributed by atoms with E-state index < -0.39 is 5.97 Å². The average molecular weight is 358 g/mol. The highest BCUT2D eigenvalue weighted by Gasteiger charge is 2.29. The Morgan fingerprint density at radius 3 is 2.00 bits per heavy atom. The van der Waals surface area contributed by atoms with E-state index in [1.54, 1.807) is 24.3 Å². The van der Waals surface area contributed by atoms with Gasteiger partial charge in [-0.15, -0.1) is 0 Å². The first-order valence-corrected chi connectivity index (χ1v) is 9.47. The van der Waals surface area contributed by atoms with Crippen LogP contribution in [0, 0.1) is 11.8 Å². The van der Waals surface area contributed by atoms with E-state index in [4.69, 9.17) is 5.11 Å². The van der Waals surface area contributed by atoms with Crippen molar-refractivity contribution in [3.63, 3.8) is 0 Å². The minimum Gasteiger partial charge on any atom is -0.481 e. The summed E-state index contributed by atoms with van der Waals surface area (Å²) >= 11 is 0. The van der Waals surface area contributed by atoms with Crippen LogP contribution in [0.25, 0.3) is 0 Å². The molecular formula is C20H26N2O4. The van der Waals surface area contributed by atoms with Crippen LogP contribution >= 0.6 is 0 Å². The van der Waals surface area contributed by atoms with Crippen molar-refractivity contribution in [1.82, 2.24) is 5.32 Å². The summed E-state index contributed by atoms with van der Waals surface area (Å²) in [5.74, 6) is -1.37. The number of carboxylic acids is 1. The molecule has 6 heteroatoms. The van der Waals surface area contributed by atoms with Crippen LogP contribution in [-0.2, 0) is 9.59 Å². The maximum absolute atomic E-state index is 12.4. The van der Waals surface area contributed by atoms with Gasteiger partial charge in [-0.3, -0.25) is 14.4 Å². The first-order valence-electron chi connectivity index (χ1n) is 9.47. The summed E-state index contributed by atoms with van der Waals surface area (Å²) in [6.45, 7) is 0. The number of benzene rings is 1. The van der Waals surface area contributed by atoms with Gasteiger partial charge in [-0.25, -0.2) is 0 Å². The van der Waals surface area contributed by atoms with Crippen LogP contribution in [0.1, 0.15) is 61.7 Å². The van der Waals surface area contributed by atoms with E-state index in [9.17, 15) is 14.4 Å². The molecule has 0 radical (unpaired) electrons. The molecule has 6 nitrogen and oxygen atoms in total.